The lowest BCUT2D eigenvalue weighted by Gasteiger charge is -2.40. The molecule has 3 atom stereocenters. The summed E-state index contributed by atoms with van der Waals surface area (Å²) in [6, 6.07) is 0. The van der Waals surface area contributed by atoms with Gasteiger partial charge < -0.3 is 14.2 Å². The summed E-state index contributed by atoms with van der Waals surface area (Å²) in [7, 11) is 0. The Morgan fingerprint density at radius 2 is 2.00 bits per heavy atom. The third-order valence-corrected chi connectivity index (χ3v) is 5.10. The summed E-state index contributed by atoms with van der Waals surface area (Å²) in [6.45, 7) is 7.13. The van der Waals surface area contributed by atoms with Crippen molar-refractivity contribution in [2.24, 2.45) is 23.2 Å². The van der Waals surface area contributed by atoms with Crippen LogP contribution in [0.15, 0.2) is 12.2 Å². The SMILES string of the molecule is CCC1(COCCOCC2CC3C=CC2C3)COC1. The third-order valence-electron chi connectivity index (χ3n) is 5.10. The van der Waals surface area contributed by atoms with E-state index in [-0.39, 0.29) is 0 Å². The fraction of sp³-hybridized carbons (Fsp3) is 0.875. The monoisotopic (exact) mass is 266 g/mol. The maximum atomic E-state index is 5.78. The second kappa shape index (κ2) is 5.94. The van der Waals surface area contributed by atoms with Crippen LogP contribution in [0.3, 0.4) is 0 Å². The summed E-state index contributed by atoms with van der Waals surface area (Å²) in [4.78, 5) is 0. The van der Waals surface area contributed by atoms with Crippen molar-refractivity contribution in [3.63, 3.8) is 0 Å². The summed E-state index contributed by atoms with van der Waals surface area (Å²) in [5.74, 6) is 2.40. The summed E-state index contributed by atoms with van der Waals surface area (Å²) < 4.78 is 16.8. The van der Waals surface area contributed by atoms with Crippen molar-refractivity contribution in [1.82, 2.24) is 0 Å². The highest BCUT2D eigenvalue weighted by Crippen LogP contribution is 2.43. The second-order valence-corrected chi connectivity index (χ2v) is 6.51. The molecule has 2 aliphatic carbocycles. The van der Waals surface area contributed by atoms with Gasteiger partial charge in [0.2, 0.25) is 0 Å². The molecule has 1 heterocycles. The molecule has 0 radical (unpaired) electrons. The number of hydrogen-bond donors (Lipinski definition) is 0. The van der Waals surface area contributed by atoms with Crippen LogP contribution in [-0.2, 0) is 14.2 Å². The molecule has 19 heavy (non-hydrogen) atoms. The van der Waals surface area contributed by atoms with Crippen LogP contribution in [0.2, 0.25) is 0 Å². The van der Waals surface area contributed by atoms with E-state index in [4.69, 9.17) is 14.2 Å². The maximum Gasteiger partial charge on any atom is 0.0700 e. The van der Waals surface area contributed by atoms with E-state index in [2.05, 4.69) is 19.1 Å². The molecule has 0 spiro atoms. The normalized spacial score (nSPS) is 34.7. The lowest BCUT2D eigenvalue weighted by Crippen LogP contribution is -2.45. The molecule has 1 saturated heterocycles. The molecule has 3 heteroatoms. The smallest absolute Gasteiger partial charge is 0.0700 e. The second-order valence-electron chi connectivity index (χ2n) is 6.51. The molecule has 3 nitrogen and oxygen atoms in total. The number of allylic oxidation sites excluding steroid dienone is 2. The minimum Gasteiger partial charge on any atom is -0.380 e. The molecule has 3 aliphatic rings. The van der Waals surface area contributed by atoms with Gasteiger partial charge in [-0.15, -0.1) is 0 Å². The van der Waals surface area contributed by atoms with Gasteiger partial charge in [-0.05, 0) is 37.0 Å². The van der Waals surface area contributed by atoms with Crippen LogP contribution >= 0.6 is 0 Å². The van der Waals surface area contributed by atoms with Gasteiger partial charge in [-0.3, -0.25) is 0 Å². The summed E-state index contributed by atoms with van der Waals surface area (Å²) in [6.07, 6.45) is 8.61. The molecule has 1 saturated carbocycles. The largest absolute Gasteiger partial charge is 0.380 e. The first kappa shape index (κ1) is 13.6. The van der Waals surface area contributed by atoms with Crippen molar-refractivity contribution in [2.45, 2.75) is 26.2 Å². The quantitative estimate of drug-likeness (QED) is 0.499. The molecule has 3 unspecified atom stereocenters. The topological polar surface area (TPSA) is 27.7 Å². The maximum absolute atomic E-state index is 5.78. The van der Waals surface area contributed by atoms with E-state index in [9.17, 15) is 0 Å². The highest BCUT2D eigenvalue weighted by Gasteiger charge is 2.37. The average molecular weight is 266 g/mol. The molecular formula is C16H26O3. The van der Waals surface area contributed by atoms with E-state index in [0.717, 1.165) is 63.8 Å². The minimum atomic E-state index is 0.301. The molecule has 2 fully saturated rings. The molecule has 108 valence electrons. The van der Waals surface area contributed by atoms with Crippen LogP contribution in [0.5, 0.6) is 0 Å². The van der Waals surface area contributed by atoms with Crippen LogP contribution in [0.4, 0.5) is 0 Å². The van der Waals surface area contributed by atoms with Crippen LogP contribution in [-0.4, -0.2) is 39.6 Å². The molecule has 0 amide bonds. The molecule has 2 bridgehead atoms. The van der Waals surface area contributed by atoms with Crippen molar-refractivity contribution < 1.29 is 14.2 Å². The van der Waals surface area contributed by atoms with Crippen LogP contribution in [0, 0.1) is 23.2 Å². The fourth-order valence-electron chi connectivity index (χ4n) is 3.51. The molecule has 0 aromatic rings. The number of fused-ring (bicyclic) bond motifs is 2. The first-order valence-corrected chi connectivity index (χ1v) is 7.73. The van der Waals surface area contributed by atoms with E-state index < -0.39 is 0 Å². The van der Waals surface area contributed by atoms with Gasteiger partial charge in [-0.25, -0.2) is 0 Å². The average Bonchev–Trinajstić information content (AvgIpc) is 2.98. The third kappa shape index (κ3) is 3.04. The minimum absolute atomic E-state index is 0.301. The van der Waals surface area contributed by atoms with E-state index in [0.29, 0.717) is 5.41 Å². The Balaban J connectivity index is 1.23. The first-order chi connectivity index (χ1) is 9.31. The zero-order valence-corrected chi connectivity index (χ0v) is 12.0. The van der Waals surface area contributed by atoms with Gasteiger partial charge in [0.1, 0.15) is 0 Å². The number of rotatable bonds is 8. The van der Waals surface area contributed by atoms with E-state index in [1.807, 2.05) is 0 Å². The van der Waals surface area contributed by atoms with E-state index >= 15 is 0 Å². The zero-order chi connectivity index (χ0) is 13.1. The van der Waals surface area contributed by atoms with Crippen LogP contribution < -0.4 is 0 Å². The Morgan fingerprint density at radius 1 is 1.16 bits per heavy atom. The summed E-state index contributed by atoms with van der Waals surface area (Å²) in [5.41, 5.74) is 0.301. The van der Waals surface area contributed by atoms with Gasteiger partial charge in [-0.1, -0.05) is 19.1 Å². The van der Waals surface area contributed by atoms with E-state index in [1.54, 1.807) is 0 Å². The van der Waals surface area contributed by atoms with Crippen LogP contribution in [0.1, 0.15) is 26.2 Å². The van der Waals surface area contributed by atoms with E-state index in [1.165, 1.54) is 12.8 Å². The fourth-order valence-corrected chi connectivity index (χ4v) is 3.51. The van der Waals surface area contributed by atoms with Crippen molar-refractivity contribution >= 4 is 0 Å². The summed E-state index contributed by atoms with van der Waals surface area (Å²) >= 11 is 0. The van der Waals surface area contributed by atoms with Crippen molar-refractivity contribution in [1.29, 1.82) is 0 Å². The molecular weight excluding hydrogens is 240 g/mol. The highest BCUT2D eigenvalue weighted by molar-refractivity contribution is 5.09. The van der Waals surface area contributed by atoms with Gasteiger partial charge in [0.25, 0.3) is 0 Å². The molecule has 0 aromatic heterocycles. The number of ether oxygens (including phenoxy) is 3. The zero-order valence-electron chi connectivity index (χ0n) is 12.0. The lowest BCUT2D eigenvalue weighted by molar-refractivity contribution is -0.153. The Morgan fingerprint density at radius 3 is 2.58 bits per heavy atom. The van der Waals surface area contributed by atoms with Gasteiger partial charge >= 0.3 is 0 Å². The standard InChI is InChI=1S/C16H26O3/c1-2-16(11-19-12-16)10-18-6-5-17-9-15-8-13-3-4-14(15)7-13/h3-4,13-15H,2,5-12H2,1H3. The van der Waals surface area contributed by atoms with Crippen molar-refractivity contribution in [2.75, 3.05) is 39.6 Å². The Bertz CT molecular complexity index is 316. The first-order valence-electron chi connectivity index (χ1n) is 7.73. The Labute approximate surface area is 116 Å². The van der Waals surface area contributed by atoms with Crippen molar-refractivity contribution in [3.8, 4) is 0 Å². The highest BCUT2D eigenvalue weighted by atomic mass is 16.5. The molecule has 3 rings (SSSR count). The predicted molar refractivity (Wildman–Crippen MR) is 74.0 cm³/mol. The predicted octanol–water partition coefficient (Wildman–Crippen LogP) is 2.66. The van der Waals surface area contributed by atoms with Gasteiger partial charge in [0, 0.05) is 5.41 Å². The number of hydrogen-bond acceptors (Lipinski definition) is 3. The van der Waals surface area contributed by atoms with Crippen molar-refractivity contribution in [3.05, 3.63) is 12.2 Å². The summed E-state index contributed by atoms with van der Waals surface area (Å²) in [5, 5.41) is 0. The molecule has 1 aliphatic heterocycles. The Hall–Kier alpha value is -0.380. The van der Waals surface area contributed by atoms with Crippen LogP contribution in [0.25, 0.3) is 0 Å². The molecule has 0 N–H and O–H groups in total. The van der Waals surface area contributed by atoms with Gasteiger partial charge in [0.05, 0.1) is 39.6 Å². The van der Waals surface area contributed by atoms with Gasteiger partial charge in [-0.2, -0.15) is 0 Å². The Kier molecular flexibility index (Phi) is 4.25. The lowest BCUT2D eigenvalue weighted by atomic mass is 9.84. The molecule has 0 aromatic carbocycles. The van der Waals surface area contributed by atoms with Gasteiger partial charge in [0.15, 0.2) is 0 Å².